The second-order valence-corrected chi connectivity index (χ2v) is 8.86. The normalized spacial score (nSPS) is 12.8. The van der Waals surface area contributed by atoms with Crippen LogP contribution >= 0.6 is 22.7 Å². The summed E-state index contributed by atoms with van der Waals surface area (Å²) in [7, 11) is 1.74. The van der Waals surface area contributed by atoms with Gasteiger partial charge in [0.25, 0.3) is 0 Å². The number of hydrogen-bond acceptors (Lipinski definition) is 5. The third kappa shape index (κ3) is 4.84. The largest absolute Gasteiger partial charge is 0.416 e. The van der Waals surface area contributed by atoms with Crippen LogP contribution in [0.4, 0.5) is 13.2 Å². The summed E-state index contributed by atoms with van der Waals surface area (Å²) in [4.78, 5) is 24.2. The predicted molar refractivity (Wildman–Crippen MR) is 109 cm³/mol. The minimum absolute atomic E-state index is 0.0904. The lowest BCUT2D eigenvalue weighted by atomic mass is 10.1. The summed E-state index contributed by atoms with van der Waals surface area (Å²) >= 11 is 2.80. The van der Waals surface area contributed by atoms with E-state index in [1.807, 2.05) is 20.8 Å². The van der Waals surface area contributed by atoms with Gasteiger partial charge in [-0.3, -0.25) is 4.79 Å². The van der Waals surface area contributed by atoms with Gasteiger partial charge >= 0.3 is 6.18 Å². The summed E-state index contributed by atoms with van der Waals surface area (Å²) in [5.74, 6) is -0.108. The van der Waals surface area contributed by atoms with E-state index in [0.29, 0.717) is 16.3 Å². The maximum atomic E-state index is 12.9. The van der Waals surface area contributed by atoms with Crippen molar-refractivity contribution in [3.8, 4) is 10.6 Å². The van der Waals surface area contributed by atoms with Crippen LogP contribution in [0, 0.1) is 13.8 Å². The van der Waals surface area contributed by atoms with Crippen molar-refractivity contribution in [2.24, 2.45) is 0 Å². The molecular weight excluding hydrogens is 419 g/mol. The minimum atomic E-state index is -4.40. The number of amides is 1. The van der Waals surface area contributed by atoms with Crippen LogP contribution in [0.15, 0.2) is 29.6 Å². The maximum Gasteiger partial charge on any atom is 0.416 e. The molecule has 154 valence electrons. The first-order chi connectivity index (χ1) is 13.6. The summed E-state index contributed by atoms with van der Waals surface area (Å²) < 4.78 is 38.8. The van der Waals surface area contributed by atoms with Crippen molar-refractivity contribution in [3.63, 3.8) is 0 Å². The highest BCUT2D eigenvalue weighted by Gasteiger charge is 2.30. The van der Waals surface area contributed by atoms with Gasteiger partial charge in [0, 0.05) is 22.9 Å². The Morgan fingerprint density at radius 2 is 1.97 bits per heavy atom. The fourth-order valence-electron chi connectivity index (χ4n) is 2.96. The molecule has 3 rings (SSSR count). The zero-order chi connectivity index (χ0) is 21.3. The summed E-state index contributed by atoms with van der Waals surface area (Å²) in [6.45, 7) is 5.81. The van der Waals surface area contributed by atoms with Crippen molar-refractivity contribution in [2.75, 3.05) is 7.05 Å². The fourth-order valence-corrected chi connectivity index (χ4v) is 4.80. The second-order valence-electron chi connectivity index (χ2n) is 6.76. The number of hydrogen-bond donors (Lipinski definition) is 0. The minimum Gasteiger partial charge on any atom is -0.338 e. The molecule has 1 unspecified atom stereocenters. The van der Waals surface area contributed by atoms with Crippen LogP contribution in [-0.2, 0) is 17.4 Å². The van der Waals surface area contributed by atoms with E-state index in [2.05, 4.69) is 9.97 Å². The number of carbonyl (C=O) groups is 1. The van der Waals surface area contributed by atoms with Crippen molar-refractivity contribution in [3.05, 3.63) is 56.5 Å². The highest BCUT2D eigenvalue weighted by molar-refractivity contribution is 7.13. The first-order valence-electron chi connectivity index (χ1n) is 8.88. The van der Waals surface area contributed by atoms with Gasteiger partial charge in [0.05, 0.1) is 34.4 Å². The fraction of sp³-hybridized carbons (Fsp3) is 0.350. The monoisotopic (exact) mass is 439 g/mol. The Labute approximate surface area is 175 Å². The average molecular weight is 440 g/mol. The third-order valence-corrected chi connectivity index (χ3v) is 6.80. The summed E-state index contributed by atoms with van der Waals surface area (Å²) in [6, 6.07) is 4.94. The molecule has 1 aromatic carbocycles. The van der Waals surface area contributed by atoms with Crippen molar-refractivity contribution < 1.29 is 18.0 Å². The van der Waals surface area contributed by atoms with E-state index in [0.717, 1.165) is 27.7 Å². The number of likely N-dealkylation sites (N-methyl/N-ethyl adjacent to an activating group) is 1. The molecule has 3 aromatic rings. The smallest absolute Gasteiger partial charge is 0.338 e. The number of halogens is 3. The van der Waals surface area contributed by atoms with Gasteiger partial charge in [0.1, 0.15) is 5.01 Å². The maximum absolute atomic E-state index is 12.9. The lowest BCUT2D eigenvalue weighted by Crippen LogP contribution is -2.31. The molecule has 0 spiro atoms. The molecule has 9 heteroatoms. The Hall–Kier alpha value is -2.26. The molecule has 0 saturated heterocycles. The van der Waals surface area contributed by atoms with E-state index in [-0.39, 0.29) is 18.4 Å². The molecule has 0 fully saturated rings. The van der Waals surface area contributed by atoms with Crippen LogP contribution < -0.4 is 0 Å². The first kappa shape index (κ1) is 21.4. The van der Waals surface area contributed by atoms with Gasteiger partial charge in [-0.25, -0.2) is 9.97 Å². The number of carbonyl (C=O) groups excluding carboxylic acids is 1. The highest BCUT2D eigenvalue weighted by atomic mass is 32.1. The first-order valence-corrected chi connectivity index (χ1v) is 10.6. The van der Waals surface area contributed by atoms with Crippen molar-refractivity contribution in [1.29, 1.82) is 0 Å². The number of benzene rings is 1. The number of aromatic nitrogens is 2. The highest BCUT2D eigenvalue weighted by Crippen LogP contribution is 2.33. The van der Waals surface area contributed by atoms with Crippen LogP contribution in [-0.4, -0.2) is 27.8 Å². The molecule has 4 nitrogen and oxygen atoms in total. The Balaban J connectivity index is 1.73. The molecule has 2 heterocycles. The standard InChI is InChI=1S/C20H20F3N3OS2/c1-11-18(29-13(3)24-11)12(2)26(4)17(27)9-16-10-28-19(25-16)14-6-5-7-15(8-14)20(21,22)23/h5-8,10,12H,9H2,1-4H3. The third-order valence-electron chi connectivity index (χ3n) is 4.61. The number of alkyl halides is 3. The Kier molecular flexibility index (Phi) is 6.09. The summed E-state index contributed by atoms with van der Waals surface area (Å²) in [6.07, 6.45) is -4.31. The Bertz CT molecular complexity index is 1030. The molecular formula is C20H20F3N3OS2. The number of thiazole rings is 2. The average Bonchev–Trinajstić information content (AvgIpc) is 3.25. The van der Waals surface area contributed by atoms with E-state index in [4.69, 9.17) is 0 Å². The second kappa shape index (κ2) is 8.23. The van der Waals surface area contributed by atoms with E-state index < -0.39 is 11.7 Å². The Morgan fingerprint density at radius 1 is 1.24 bits per heavy atom. The number of aryl methyl sites for hydroxylation is 2. The van der Waals surface area contributed by atoms with Gasteiger partial charge in [0.15, 0.2) is 0 Å². The van der Waals surface area contributed by atoms with Crippen molar-refractivity contribution >= 4 is 28.6 Å². The molecule has 0 aliphatic rings. The van der Waals surface area contributed by atoms with Gasteiger partial charge < -0.3 is 4.90 Å². The zero-order valence-electron chi connectivity index (χ0n) is 16.4. The van der Waals surface area contributed by atoms with Crippen LogP contribution in [0.25, 0.3) is 10.6 Å². The van der Waals surface area contributed by atoms with Crippen LogP contribution in [0.1, 0.15) is 39.8 Å². The Morgan fingerprint density at radius 3 is 2.59 bits per heavy atom. The van der Waals surface area contributed by atoms with Crippen molar-refractivity contribution in [2.45, 2.75) is 39.4 Å². The summed E-state index contributed by atoms with van der Waals surface area (Å²) in [5, 5.41) is 3.13. The lowest BCUT2D eigenvalue weighted by molar-refractivity contribution is -0.137. The van der Waals surface area contributed by atoms with Gasteiger partial charge in [-0.15, -0.1) is 22.7 Å². The van der Waals surface area contributed by atoms with E-state index >= 15 is 0 Å². The number of nitrogens with zero attached hydrogens (tertiary/aromatic N) is 3. The lowest BCUT2D eigenvalue weighted by Gasteiger charge is -2.24. The molecule has 2 aromatic heterocycles. The van der Waals surface area contributed by atoms with E-state index in [1.165, 1.54) is 17.4 Å². The predicted octanol–water partition coefficient (Wildman–Crippen LogP) is 5.66. The molecule has 1 amide bonds. The summed E-state index contributed by atoms with van der Waals surface area (Å²) in [5.41, 5.74) is 1.14. The van der Waals surface area contributed by atoms with E-state index in [9.17, 15) is 18.0 Å². The van der Waals surface area contributed by atoms with Gasteiger partial charge in [-0.05, 0) is 32.9 Å². The van der Waals surface area contributed by atoms with Gasteiger partial charge in [-0.2, -0.15) is 13.2 Å². The van der Waals surface area contributed by atoms with Gasteiger partial charge in [0.2, 0.25) is 5.91 Å². The van der Waals surface area contributed by atoms with Crippen LogP contribution in [0.5, 0.6) is 0 Å². The topological polar surface area (TPSA) is 46.1 Å². The quantitative estimate of drug-likeness (QED) is 0.515. The van der Waals surface area contributed by atoms with E-state index in [1.54, 1.807) is 34.7 Å². The molecule has 0 aliphatic heterocycles. The number of rotatable bonds is 5. The molecule has 0 bridgehead atoms. The molecule has 0 radical (unpaired) electrons. The molecule has 0 aliphatic carbocycles. The SMILES string of the molecule is Cc1nc(C)c(C(C)N(C)C(=O)Cc2csc(-c3cccc(C(F)(F)F)c3)n2)s1. The van der Waals surface area contributed by atoms with Crippen LogP contribution in [0.2, 0.25) is 0 Å². The molecule has 0 N–H and O–H groups in total. The van der Waals surface area contributed by atoms with Gasteiger partial charge in [-0.1, -0.05) is 12.1 Å². The molecule has 0 saturated carbocycles. The molecule has 29 heavy (non-hydrogen) atoms. The molecule has 1 atom stereocenters. The van der Waals surface area contributed by atoms with Crippen LogP contribution in [0.3, 0.4) is 0 Å². The zero-order valence-corrected chi connectivity index (χ0v) is 18.0. The van der Waals surface area contributed by atoms with Crippen molar-refractivity contribution in [1.82, 2.24) is 14.9 Å².